The quantitative estimate of drug-likeness (QED) is 0.503. The van der Waals surface area contributed by atoms with Crippen LogP contribution in [-0.2, 0) is 14.4 Å². The summed E-state index contributed by atoms with van der Waals surface area (Å²) in [5, 5.41) is 31.7. The van der Waals surface area contributed by atoms with Gasteiger partial charge in [0.2, 0.25) is 11.7 Å². The Morgan fingerprint density at radius 2 is 1.74 bits per heavy atom. The number of aliphatic carboxylic acids is 1. The van der Waals surface area contributed by atoms with E-state index < -0.39 is 29.5 Å². The highest BCUT2D eigenvalue weighted by atomic mass is 16.4. The molecule has 2 aromatic rings. The molecule has 2 atom stereocenters. The number of hydrogen-bond donors (Lipinski definition) is 2. The van der Waals surface area contributed by atoms with E-state index in [4.69, 9.17) is 0 Å². The first kappa shape index (κ1) is 21.9. The summed E-state index contributed by atoms with van der Waals surface area (Å²) < 4.78 is 0. The van der Waals surface area contributed by atoms with Crippen molar-refractivity contribution in [2.45, 2.75) is 6.42 Å². The number of Topliss-reactive ketones (excluding diaryl/α,β-unsaturated/α-hetero) is 1. The van der Waals surface area contributed by atoms with Crippen LogP contribution >= 0.6 is 0 Å². The van der Waals surface area contributed by atoms with Gasteiger partial charge in [-0.25, -0.2) is 4.79 Å². The summed E-state index contributed by atoms with van der Waals surface area (Å²) in [5.74, 6) is -4.60. The van der Waals surface area contributed by atoms with Gasteiger partial charge in [0.25, 0.3) is 0 Å². The predicted octanol–water partition coefficient (Wildman–Crippen LogP) is 2.61. The summed E-state index contributed by atoms with van der Waals surface area (Å²) in [6.07, 6.45) is 5.60. The molecule has 5 rings (SSSR count). The van der Waals surface area contributed by atoms with E-state index in [2.05, 4.69) is 15.5 Å². The molecule has 0 aromatic heterocycles. The molecule has 1 heterocycles. The summed E-state index contributed by atoms with van der Waals surface area (Å²) in [6, 6.07) is 17.7. The minimum atomic E-state index is -1.63. The van der Waals surface area contributed by atoms with Crippen LogP contribution in [0.25, 0.3) is 11.3 Å². The molecule has 8 nitrogen and oxygen atoms in total. The summed E-state index contributed by atoms with van der Waals surface area (Å²) in [6.45, 7) is 0. The minimum Gasteiger partial charge on any atom is -0.478 e. The number of hydrogen-bond acceptors (Lipinski definition) is 6. The van der Waals surface area contributed by atoms with E-state index in [0.29, 0.717) is 29.0 Å². The van der Waals surface area contributed by atoms with E-state index in [1.54, 1.807) is 48.6 Å². The number of fused-ring (bicyclic) bond motifs is 2. The first-order valence-electron chi connectivity index (χ1n) is 10.9. The predicted molar refractivity (Wildman–Crippen MR) is 127 cm³/mol. The maximum absolute atomic E-state index is 13.5. The zero-order valence-electron chi connectivity index (χ0n) is 18.3. The van der Waals surface area contributed by atoms with Crippen molar-refractivity contribution in [3.8, 4) is 6.07 Å². The number of allylic oxidation sites excluding steroid dienone is 4. The Labute approximate surface area is 199 Å². The average Bonchev–Trinajstić information content (AvgIpc) is 3.43. The fourth-order valence-corrected chi connectivity index (χ4v) is 4.46. The Balaban J connectivity index is 1.60. The Bertz CT molecular complexity index is 1570. The van der Waals surface area contributed by atoms with Gasteiger partial charge in [-0.3, -0.25) is 9.59 Å². The van der Waals surface area contributed by atoms with Gasteiger partial charge in [0.05, 0.1) is 6.07 Å². The zero-order valence-corrected chi connectivity index (χ0v) is 18.3. The molecule has 2 N–H and O–H groups in total. The van der Waals surface area contributed by atoms with Crippen molar-refractivity contribution in [2.75, 3.05) is 5.32 Å². The smallest absolute Gasteiger partial charge is 0.331 e. The molecule has 2 aromatic carbocycles. The number of carboxylic acids is 1. The largest absolute Gasteiger partial charge is 0.478 e. The number of carbonyl (C=O) groups is 3. The topological polar surface area (TPSA) is 132 Å². The van der Waals surface area contributed by atoms with Crippen molar-refractivity contribution < 1.29 is 19.5 Å². The van der Waals surface area contributed by atoms with Gasteiger partial charge in [0.15, 0.2) is 5.92 Å². The first-order valence-corrected chi connectivity index (χ1v) is 10.9. The molecule has 2 unspecified atom stereocenters. The third-order valence-electron chi connectivity index (χ3n) is 6.06. The summed E-state index contributed by atoms with van der Waals surface area (Å²) in [7, 11) is 0. The number of nitriles is 1. The highest BCUT2D eigenvalue weighted by molar-refractivity contribution is 6.18. The third kappa shape index (κ3) is 3.79. The van der Waals surface area contributed by atoms with Crippen molar-refractivity contribution in [1.29, 1.82) is 5.26 Å². The van der Waals surface area contributed by atoms with E-state index in [1.165, 1.54) is 0 Å². The molecular weight excluding hydrogens is 444 g/mol. The van der Waals surface area contributed by atoms with Crippen LogP contribution in [-0.4, -0.2) is 22.8 Å². The molecule has 0 spiro atoms. The van der Waals surface area contributed by atoms with Crippen LogP contribution < -0.4 is 15.8 Å². The number of para-hydroxylation sites is 1. The van der Waals surface area contributed by atoms with E-state index in [1.807, 2.05) is 30.3 Å². The number of carboxylic acid groups (broad SMARTS) is 1. The highest BCUT2D eigenvalue weighted by Crippen LogP contribution is 2.41. The second-order valence-corrected chi connectivity index (χ2v) is 8.17. The Morgan fingerprint density at radius 1 is 1.03 bits per heavy atom. The molecule has 0 saturated heterocycles. The number of carbonyl (C=O) groups excluding carboxylic acids is 2. The lowest BCUT2D eigenvalue weighted by molar-refractivity contribution is -0.133. The number of rotatable bonds is 6. The van der Waals surface area contributed by atoms with Crippen LogP contribution in [0.1, 0.15) is 6.42 Å². The van der Waals surface area contributed by atoms with Gasteiger partial charge < -0.3 is 10.4 Å². The minimum absolute atomic E-state index is 0.0785. The molecule has 0 radical (unpaired) electrons. The molecule has 0 bridgehead atoms. The maximum Gasteiger partial charge on any atom is 0.331 e. The number of anilines is 1. The van der Waals surface area contributed by atoms with Gasteiger partial charge in [-0.2, -0.15) is 5.26 Å². The molecule has 170 valence electrons. The summed E-state index contributed by atoms with van der Waals surface area (Å²) in [5.41, 5.74) is 2.21. The fraction of sp³-hybridized carbons (Fsp3) is 0.111. The molecular formula is C27H18N4O4. The van der Waals surface area contributed by atoms with Crippen LogP contribution in [0.15, 0.2) is 99.9 Å². The second-order valence-electron chi connectivity index (χ2n) is 8.17. The lowest BCUT2D eigenvalue weighted by Crippen LogP contribution is -2.29. The molecule has 0 saturated carbocycles. The average molecular weight is 462 g/mol. The summed E-state index contributed by atoms with van der Waals surface area (Å²) >= 11 is 0. The fourth-order valence-electron chi connectivity index (χ4n) is 4.46. The number of ketones is 1. The van der Waals surface area contributed by atoms with Crippen molar-refractivity contribution in [1.82, 2.24) is 0 Å². The SMILES string of the molecule is N#CC(C(=O)Nc1ccccc1)C(=O)C1=C2C(=c3ccccc3=C2C2C=CCC(C(=O)O)=C2)N=N1. The standard InChI is InChI=1S/C27H18N4O4/c28-14-20(26(33)29-17-9-2-1-3-10-17)25(32)24-22-21(15-7-6-8-16(13-15)27(34)35)18-11-4-5-12-19(18)23(22)30-31-24/h1-7,9-13,15,20H,8H2,(H,29,33)(H,34,35). The van der Waals surface area contributed by atoms with Crippen LogP contribution in [0.2, 0.25) is 0 Å². The van der Waals surface area contributed by atoms with Crippen molar-refractivity contribution in [3.05, 3.63) is 100 Å². The van der Waals surface area contributed by atoms with Gasteiger partial charge in [-0.05, 0) is 29.3 Å². The van der Waals surface area contributed by atoms with Gasteiger partial charge in [-0.15, -0.1) is 10.2 Å². The normalized spacial score (nSPS) is 18.5. The molecule has 1 amide bonds. The van der Waals surface area contributed by atoms with E-state index in [0.717, 1.165) is 10.4 Å². The Morgan fingerprint density at radius 3 is 2.46 bits per heavy atom. The molecule has 3 aliphatic rings. The van der Waals surface area contributed by atoms with Gasteiger partial charge in [-0.1, -0.05) is 60.7 Å². The maximum atomic E-state index is 13.5. The molecule has 8 heteroatoms. The number of azo groups is 1. The van der Waals surface area contributed by atoms with Crippen molar-refractivity contribution in [3.63, 3.8) is 0 Å². The van der Waals surface area contributed by atoms with Gasteiger partial charge >= 0.3 is 5.97 Å². The molecule has 2 aliphatic carbocycles. The number of nitrogens with zero attached hydrogens (tertiary/aromatic N) is 3. The van der Waals surface area contributed by atoms with E-state index in [-0.39, 0.29) is 11.3 Å². The Hall–Kier alpha value is -4.90. The molecule has 1 aliphatic heterocycles. The monoisotopic (exact) mass is 462 g/mol. The molecule has 35 heavy (non-hydrogen) atoms. The number of benzene rings is 2. The van der Waals surface area contributed by atoms with Crippen molar-refractivity contribution in [2.24, 2.45) is 22.1 Å². The van der Waals surface area contributed by atoms with Gasteiger partial charge in [0.1, 0.15) is 11.4 Å². The van der Waals surface area contributed by atoms with Crippen LogP contribution in [0.5, 0.6) is 0 Å². The van der Waals surface area contributed by atoms with Gasteiger partial charge in [0, 0.05) is 28.0 Å². The Kier molecular flexibility index (Phi) is 5.51. The lowest BCUT2D eigenvalue weighted by Gasteiger charge is -2.18. The molecule has 0 fully saturated rings. The van der Waals surface area contributed by atoms with Crippen molar-refractivity contribution >= 4 is 34.6 Å². The summed E-state index contributed by atoms with van der Waals surface area (Å²) in [4.78, 5) is 37.9. The van der Waals surface area contributed by atoms with E-state index in [9.17, 15) is 24.8 Å². The van der Waals surface area contributed by atoms with Crippen LogP contribution in [0.3, 0.4) is 0 Å². The lowest BCUT2D eigenvalue weighted by atomic mass is 9.85. The third-order valence-corrected chi connectivity index (χ3v) is 6.06. The van der Waals surface area contributed by atoms with Crippen LogP contribution in [0.4, 0.5) is 5.69 Å². The van der Waals surface area contributed by atoms with Crippen LogP contribution in [0, 0.1) is 23.2 Å². The van der Waals surface area contributed by atoms with E-state index >= 15 is 0 Å². The number of nitrogens with one attached hydrogen (secondary N) is 1. The highest BCUT2D eigenvalue weighted by Gasteiger charge is 2.38. The first-order chi connectivity index (χ1) is 17.0. The zero-order chi connectivity index (χ0) is 24.5. The number of amides is 1. The second kappa shape index (κ2) is 8.80.